The largest absolute Gasteiger partial charge is 0.364 e. The van der Waals surface area contributed by atoms with Crippen molar-refractivity contribution in [1.29, 1.82) is 0 Å². The van der Waals surface area contributed by atoms with Gasteiger partial charge in [-0.1, -0.05) is 19.1 Å². The molecule has 0 saturated carbocycles. The van der Waals surface area contributed by atoms with E-state index in [1.54, 1.807) is 6.07 Å². The van der Waals surface area contributed by atoms with Crippen molar-refractivity contribution < 1.29 is 12.8 Å². The smallest absolute Gasteiger partial charge is 0.154 e. The van der Waals surface area contributed by atoms with Crippen molar-refractivity contribution in [3.63, 3.8) is 0 Å². The third-order valence-corrected chi connectivity index (χ3v) is 5.75. The van der Waals surface area contributed by atoms with E-state index in [0.717, 1.165) is 12.1 Å². The predicted molar refractivity (Wildman–Crippen MR) is 84.0 cm³/mol. The number of para-hydroxylation sites is 1. The van der Waals surface area contributed by atoms with E-state index >= 15 is 0 Å². The standard InChI is InChI=1S/C15H23FN2O2S/c1-4-17-12(3)13-6-5-7-14(16)15(13)18-8-9-21(19,20)10-11(18)2/h5-7,11-12,17H,4,8-10H2,1-3H3. The van der Waals surface area contributed by atoms with Gasteiger partial charge in [-0.15, -0.1) is 0 Å². The molecule has 0 amide bonds. The molecule has 1 aliphatic heterocycles. The lowest BCUT2D eigenvalue weighted by Crippen LogP contribution is -2.48. The zero-order chi connectivity index (χ0) is 15.6. The number of hydrogen-bond acceptors (Lipinski definition) is 4. The molecule has 1 aliphatic rings. The van der Waals surface area contributed by atoms with Crippen LogP contribution >= 0.6 is 0 Å². The van der Waals surface area contributed by atoms with Crippen molar-refractivity contribution >= 4 is 15.5 Å². The Hall–Kier alpha value is -1.14. The van der Waals surface area contributed by atoms with Gasteiger partial charge in [0.15, 0.2) is 9.84 Å². The van der Waals surface area contributed by atoms with Gasteiger partial charge in [-0.2, -0.15) is 0 Å². The molecule has 2 rings (SSSR count). The highest BCUT2D eigenvalue weighted by Crippen LogP contribution is 2.32. The highest BCUT2D eigenvalue weighted by atomic mass is 32.2. The van der Waals surface area contributed by atoms with Crippen molar-refractivity contribution in [2.75, 3.05) is 29.5 Å². The normalized spacial score (nSPS) is 23.0. The van der Waals surface area contributed by atoms with Crippen LogP contribution < -0.4 is 10.2 Å². The molecule has 1 fully saturated rings. The van der Waals surface area contributed by atoms with E-state index in [1.165, 1.54) is 6.07 Å². The third kappa shape index (κ3) is 3.55. The zero-order valence-electron chi connectivity index (χ0n) is 12.8. The average molecular weight is 314 g/mol. The van der Waals surface area contributed by atoms with Crippen LogP contribution in [0.5, 0.6) is 0 Å². The summed E-state index contributed by atoms with van der Waals surface area (Å²) in [5.74, 6) is -0.125. The highest BCUT2D eigenvalue weighted by molar-refractivity contribution is 7.91. The Balaban J connectivity index is 2.39. The SMILES string of the molecule is CCNC(C)c1cccc(F)c1N1CCS(=O)(=O)CC1C. The van der Waals surface area contributed by atoms with Gasteiger partial charge in [-0.25, -0.2) is 12.8 Å². The molecule has 1 heterocycles. The van der Waals surface area contributed by atoms with E-state index in [4.69, 9.17) is 0 Å². The monoisotopic (exact) mass is 314 g/mol. The van der Waals surface area contributed by atoms with Crippen LogP contribution in [0.2, 0.25) is 0 Å². The molecule has 0 spiro atoms. The van der Waals surface area contributed by atoms with Crippen LogP contribution in [0.3, 0.4) is 0 Å². The summed E-state index contributed by atoms with van der Waals surface area (Å²) in [5.41, 5.74) is 1.41. The summed E-state index contributed by atoms with van der Waals surface area (Å²) in [6.07, 6.45) is 0. The third-order valence-electron chi connectivity index (χ3n) is 3.95. The van der Waals surface area contributed by atoms with Gasteiger partial charge in [0.25, 0.3) is 0 Å². The molecule has 21 heavy (non-hydrogen) atoms. The van der Waals surface area contributed by atoms with Gasteiger partial charge in [0.05, 0.1) is 17.2 Å². The summed E-state index contributed by atoms with van der Waals surface area (Å²) in [7, 11) is -3.01. The van der Waals surface area contributed by atoms with Crippen molar-refractivity contribution in [3.05, 3.63) is 29.6 Å². The minimum Gasteiger partial charge on any atom is -0.364 e. The van der Waals surface area contributed by atoms with E-state index in [0.29, 0.717) is 12.2 Å². The van der Waals surface area contributed by atoms with Crippen molar-refractivity contribution in [2.45, 2.75) is 32.9 Å². The second-order valence-electron chi connectivity index (χ2n) is 5.61. The molecular formula is C15H23FN2O2S. The highest BCUT2D eigenvalue weighted by Gasteiger charge is 2.31. The van der Waals surface area contributed by atoms with Crippen LogP contribution in [0, 0.1) is 5.82 Å². The molecule has 1 N–H and O–H groups in total. The molecule has 118 valence electrons. The molecule has 1 saturated heterocycles. The van der Waals surface area contributed by atoms with Crippen LogP contribution in [-0.4, -0.2) is 39.1 Å². The second kappa shape index (κ2) is 6.32. The fourth-order valence-electron chi connectivity index (χ4n) is 2.93. The fraction of sp³-hybridized carbons (Fsp3) is 0.600. The molecular weight excluding hydrogens is 291 g/mol. The molecule has 0 aliphatic carbocycles. The van der Waals surface area contributed by atoms with Gasteiger partial charge in [-0.3, -0.25) is 0 Å². The quantitative estimate of drug-likeness (QED) is 0.925. The average Bonchev–Trinajstić information content (AvgIpc) is 2.39. The topological polar surface area (TPSA) is 49.4 Å². The lowest BCUT2D eigenvalue weighted by atomic mass is 10.0. The summed E-state index contributed by atoms with van der Waals surface area (Å²) in [4.78, 5) is 1.89. The lowest BCUT2D eigenvalue weighted by molar-refractivity contribution is 0.548. The summed E-state index contributed by atoms with van der Waals surface area (Å²) < 4.78 is 37.8. The first-order chi connectivity index (χ1) is 9.85. The number of nitrogens with zero attached hydrogens (tertiary/aromatic N) is 1. The number of sulfone groups is 1. The summed E-state index contributed by atoms with van der Waals surface area (Å²) in [5, 5.41) is 3.29. The number of halogens is 1. The minimum absolute atomic E-state index is 0.0198. The van der Waals surface area contributed by atoms with Crippen LogP contribution in [0.1, 0.15) is 32.4 Å². The maximum absolute atomic E-state index is 14.4. The van der Waals surface area contributed by atoms with Gasteiger partial charge in [0, 0.05) is 18.6 Å². The Labute approximate surface area is 126 Å². The number of nitrogens with one attached hydrogen (secondary N) is 1. The second-order valence-corrected chi connectivity index (χ2v) is 7.84. The van der Waals surface area contributed by atoms with Gasteiger partial charge < -0.3 is 10.2 Å². The number of rotatable bonds is 4. The summed E-state index contributed by atoms with van der Waals surface area (Å²) in [6, 6.07) is 4.85. The first-order valence-corrected chi connectivity index (χ1v) is 9.16. The van der Waals surface area contributed by atoms with E-state index in [1.807, 2.05) is 31.7 Å². The molecule has 0 radical (unpaired) electrons. The van der Waals surface area contributed by atoms with Gasteiger partial charge in [0.1, 0.15) is 5.82 Å². The van der Waals surface area contributed by atoms with Gasteiger partial charge >= 0.3 is 0 Å². The summed E-state index contributed by atoms with van der Waals surface area (Å²) in [6.45, 7) is 6.97. The van der Waals surface area contributed by atoms with Gasteiger partial charge in [0.2, 0.25) is 0 Å². The van der Waals surface area contributed by atoms with E-state index in [9.17, 15) is 12.8 Å². The number of hydrogen-bond donors (Lipinski definition) is 1. The lowest BCUT2D eigenvalue weighted by Gasteiger charge is -2.37. The zero-order valence-corrected chi connectivity index (χ0v) is 13.6. The van der Waals surface area contributed by atoms with Gasteiger partial charge in [-0.05, 0) is 32.0 Å². The fourth-order valence-corrected chi connectivity index (χ4v) is 4.49. The van der Waals surface area contributed by atoms with Crippen LogP contribution in [0.15, 0.2) is 18.2 Å². The molecule has 4 nitrogen and oxygen atoms in total. The van der Waals surface area contributed by atoms with E-state index < -0.39 is 9.84 Å². The molecule has 1 aromatic carbocycles. The van der Waals surface area contributed by atoms with E-state index in [2.05, 4.69) is 5.32 Å². The maximum Gasteiger partial charge on any atom is 0.154 e. The number of anilines is 1. The molecule has 2 atom stereocenters. The first kappa shape index (κ1) is 16.2. The minimum atomic E-state index is -3.01. The van der Waals surface area contributed by atoms with E-state index in [-0.39, 0.29) is 29.4 Å². The molecule has 1 aromatic rings. The van der Waals surface area contributed by atoms with Crippen molar-refractivity contribution in [1.82, 2.24) is 5.32 Å². The van der Waals surface area contributed by atoms with Crippen molar-refractivity contribution in [3.8, 4) is 0 Å². The van der Waals surface area contributed by atoms with Crippen LogP contribution in [0.25, 0.3) is 0 Å². The maximum atomic E-state index is 14.4. The van der Waals surface area contributed by atoms with Crippen LogP contribution in [0.4, 0.5) is 10.1 Å². The predicted octanol–water partition coefficient (Wildman–Crippen LogP) is 2.12. The molecule has 2 unspecified atom stereocenters. The van der Waals surface area contributed by atoms with Crippen LogP contribution in [-0.2, 0) is 9.84 Å². The molecule has 0 aromatic heterocycles. The summed E-state index contributed by atoms with van der Waals surface area (Å²) >= 11 is 0. The Morgan fingerprint density at radius 1 is 1.48 bits per heavy atom. The molecule has 0 bridgehead atoms. The first-order valence-electron chi connectivity index (χ1n) is 7.34. The Morgan fingerprint density at radius 3 is 2.81 bits per heavy atom. The Bertz CT molecular complexity index is 604. The number of benzene rings is 1. The Morgan fingerprint density at radius 2 is 2.19 bits per heavy atom. The Kier molecular flexibility index (Phi) is 4.88. The molecule has 6 heteroatoms. The van der Waals surface area contributed by atoms with Crippen molar-refractivity contribution in [2.24, 2.45) is 0 Å².